The van der Waals surface area contributed by atoms with Crippen LogP contribution in [-0.4, -0.2) is 21.5 Å². The molecule has 2 aromatic rings. The predicted octanol–water partition coefficient (Wildman–Crippen LogP) is 1.55. The molecule has 0 spiro atoms. The standard InChI is InChI=1S/C8H7N5O3/c1-2-9-10-5-3-4-6(13(14)15)8-7(5)11-16-12-8/h2-4,10H,1H3/b9-2+. The Morgan fingerprint density at radius 3 is 2.94 bits per heavy atom. The first-order valence-corrected chi connectivity index (χ1v) is 4.37. The van der Waals surface area contributed by atoms with Crippen LogP contribution in [0.15, 0.2) is 21.9 Å². The minimum absolute atomic E-state index is 0.0984. The van der Waals surface area contributed by atoms with Crippen LogP contribution >= 0.6 is 0 Å². The molecule has 1 heterocycles. The lowest BCUT2D eigenvalue weighted by atomic mass is 10.2. The predicted molar refractivity (Wildman–Crippen MR) is 56.2 cm³/mol. The monoisotopic (exact) mass is 221 g/mol. The van der Waals surface area contributed by atoms with Gasteiger partial charge in [-0.2, -0.15) is 5.10 Å². The van der Waals surface area contributed by atoms with E-state index in [2.05, 4.69) is 25.5 Å². The zero-order valence-electron chi connectivity index (χ0n) is 8.25. The summed E-state index contributed by atoms with van der Waals surface area (Å²) in [5, 5.41) is 21.6. The van der Waals surface area contributed by atoms with Crippen LogP contribution in [0.4, 0.5) is 11.4 Å². The van der Waals surface area contributed by atoms with Gasteiger partial charge in [-0.3, -0.25) is 15.5 Å². The summed E-state index contributed by atoms with van der Waals surface area (Å²) in [4.78, 5) is 10.1. The summed E-state index contributed by atoms with van der Waals surface area (Å²) in [5.41, 5.74) is 3.40. The van der Waals surface area contributed by atoms with E-state index in [4.69, 9.17) is 0 Å². The van der Waals surface area contributed by atoms with Crippen molar-refractivity contribution in [1.29, 1.82) is 0 Å². The highest BCUT2D eigenvalue weighted by Gasteiger charge is 2.19. The van der Waals surface area contributed by atoms with Gasteiger partial charge in [0.1, 0.15) is 0 Å². The Bertz CT molecular complexity index is 562. The molecule has 82 valence electrons. The third-order valence-electron chi connectivity index (χ3n) is 1.90. The summed E-state index contributed by atoms with van der Waals surface area (Å²) in [6.45, 7) is 1.73. The highest BCUT2D eigenvalue weighted by Crippen LogP contribution is 2.28. The number of nitrogens with zero attached hydrogens (tertiary/aromatic N) is 4. The molecule has 0 bridgehead atoms. The Morgan fingerprint density at radius 1 is 1.50 bits per heavy atom. The zero-order valence-corrected chi connectivity index (χ0v) is 8.25. The number of anilines is 1. The molecule has 0 aliphatic rings. The van der Waals surface area contributed by atoms with Crippen molar-refractivity contribution in [3.8, 4) is 0 Å². The van der Waals surface area contributed by atoms with Crippen molar-refractivity contribution >= 4 is 28.6 Å². The first kappa shape index (κ1) is 10.0. The second kappa shape index (κ2) is 3.93. The van der Waals surface area contributed by atoms with E-state index in [-0.39, 0.29) is 16.7 Å². The van der Waals surface area contributed by atoms with Crippen molar-refractivity contribution in [3.05, 3.63) is 22.2 Å². The van der Waals surface area contributed by atoms with Crippen LogP contribution in [0.2, 0.25) is 0 Å². The largest absolute Gasteiger partial charge is 0.300 e. The Kier molecular flexibility index (Phi) is 2.46. The zero-order chi connectivity index (χ0) is 11.5. The smallest absolute Gasteiger partial charge is 0.276 e. The molecule has 0 aliphatic carbocycles. The molecule has 2 rings (SSSR count). The third kappa shape index (κ3) is 1.56. The molecule has 0 aliphatic heterocycles. The topological polar surface area (TPSA) is 106 Å². The van der Waals surface area contributed by atoms with Crippen LogP contribution in [0.1, 0.15) is 6.92 Å². The molecule has 0 radical (unpaired) electrons. The maximum Gasteiger partial charge on any atom is 0.300 e. The molecule has 0 atom stereocenters. The number of hydrogen-bond acceptors (Lipinski definition) is 7. The van der Waals surface area contributed by atoms with Crippen molar-refractivity contribution in [3.63, 3.8) is 0 Å². The molecule has 8 heteroatoms. The fourth-order valence-corrected chi connectivity index (χ4v) is 1.23. The van der Waals surface area contributed by atoms with Gasteiger partial charge in [0.15, 0.2) is 5.52 Å². The Morgan fingerprint density at radius 2 is 2.25 bits per heavy atom. The van der Waals surface area contributed by atoms with E-state index in [1.54, 1.807) is 13.1 Å². The van der Waals surface area contributed by atoms with Gasteiger partial charge in [-0.25, -0.2) is 4.63 Å². The lowest BCUT2D eigenvalue weighted by Gasteiger charge is -1.99. The van der Waals surface area contributed by atoms with Gasteiger partial charge in [0.2, 0.25) is 5.52 Å². The molecule has 0 saturated heterocycles. The van der Waals surface area contributed by atoms with Crippen LogP contribution < -0.4 is 5.43 Å². The molecule has 0 fully saturated rings. The molecule has 1 aromatic heterocycles. The molecular weight excluding hydrogens is 214 g/mol. The SMILES string of the molecule is C/C=N/Nc1ccc([N+](=O)[O-])c2nonc12. The average Bonchev–Trinajstić information content (AvgIpc) is 2.74. The molecule has 8 nitrogen and oxygen atoms in total. The van der Waals surface area contributed by atoms with Gasteiger partial charge in [0.05, 0.1) is 10.6 Å². The van der Waals surface area contributed by atoms with Gasteiger partial charge >= 0.3 is 5.69 Å². The number of fused-ring (bicyclic) bond motifs is 1. The van der Waals surface area contributed by atoms with Gasteiger partial charge in [0.25, 0.3) is 0 Å². The normalized spacial score (nSPS) is 11.1. The number of nitro groups is 1. The van der Waals surface area contributed by atoms with E-state index in [0.29, 0.717) is 5.69 Å². The number of rotatable bonds is 3. The first-order valence-electron chi connectivity index (χ1n) is 4.37. The van der Waals surface area contributed by atoms with Crippen molar-refractivity contribution in [2.45, 2.75) is 6.92 Å². The number of hydrazone groups is 1. The van der Waals surface area contributed by atoms with Gasteiger partial charge in [-0.1, -0.05) is 0 Å². The van der Waals surface area contributed by atoms with Gasteiger partial charge in [-0.15, -0.1) is 0 Å². The van der Waals surface area contributed by atoms with Crippen LogP contribution in [-0.2, 0) is 0 Å². The van der Waals surface area contributed by atoms with Crippen molar-refractivity contribution in [1.82, 2.24) is 10.3 Å². The summed E-state index contributed by atoms with van der Waals surface area (Å²) < 4.78 is 4.48. The van der Waals surface area contributed by atoms with E-state index < -0.39 is 4.92 Å². The molecular formula is C8H7N5O3. The Labute approximate surface area is 89.0 Å². The lowest BCUT2D eigenvalue weighted by Crippen LogP contribution is -1.93. The van der Waals surface area contributed by atoms with E-state index in [9.17, 15) is 10.1 Å². The Hall–Kier alpha value is -2.51. The minimum atomic E-state index is -0.542. The quantitative estimate of drug-likeness (QED) is 0.478. The van der Waals surface area contributed by atoms with E-state index in [1.807, 2.05) is 0 Å². The first-order chi connectivity index (χ1) is 7.74. The highest BCUT2D eigenvalue weighted by molar-refractivity contribution is 5.93. The minimum Gasteiger partial charge on any atom is -0.276 e. The van der Waals surface area contributed by atoms with E-state index in [0.717, 1.165) is 0 Å². The highest BCUT2D eigenvalue weighted by atomic mass is 16.6. The second-order valence-electron chi connectivity index (χ2n) is 2.85. The van der Waals surface area contributed by atoms with Crippen LogP contribution in [0.5, 0.6) is 0 Å². The summed E-state index contributed by atoms with van der Waals surface area (Å²) in [7, 11) is 0. The van der Waals surface area contributed by atoms with Gasteiger partial charge in [0, 0.05) is 12.3 Å². The summed E-state index contributed by atoms with van der Waals surface area (Å²) in [5.74, 6) is 0. The van der Waals surface area contributed by atoms with Crippen molar-refractivity contribution < 1.29 is 9.55 Å². The second-order valence-corrected chi connectivity index (χ2v) is 2.85. The lowest BCUT2D eigenvalue weighted by molar-refractivity contribution is -0.383. The fraction of sp³-hybridized carbons (Fsp3) is 0.125. The maximum atomic E-state index is 10.7. The summed E-state index contributed by atoms with van der Waals surface area (Å²) in [6, 6.07) is 2.82. The van der Waals surface area contributed by atoms with Crippen molar-refractivity contribution in [2.24, 2.45) is 5.10 Å². The molecule has 1 N–H and O–H groups in total. The van der Waals surface area contributed by atoms with Crippen LogP contribution in [0.25, 0.3) is 11.0 Å². The number of nitro benzene ring substituents is 1. The number of hydrogen-bond donors (Lipinski definition) is 1. The van der Waals surface area contributed by atoms with Gasteiger partial charge in [-0.05, 0) is 23.3 Å². The number of benzene rings is 1. The van der Waals surface area contributed by atoms with Crippen LogP contribution in [0.3, 0.4) is 0 Å². The van der Waals surface area contributed by atoms with E-state index in [1.165, 1.54) is 12.1 Å². The number of aromatic nitrogens is 2. The van der Waals surface area contributed by atoms with Crippen molar-refractivity contribution in [2.75, 3.05) is 5.43 Å². The third-order valence-corrected chi connectivity index (χ3v) is 1.90. The molecule has 16 heavy (non-hydrogen) atoms. The number of non-ortho nitro benzene ring substituents is 1. The maximum absolute atomic E-state index is 10.7. The molecule has 0 saturated carbocycles. The molecule has 0 amide bonds. The average molecular weight is 221 g/mol. The number of nitrogens with one attached hydrogen (secondary N) is 1. The molecule has 1 aromatic carbocycles. The van der Waals surface area contributed by atoms with Gasteiger partial charge < -0.3 is 0 Å². The Balaban J connectivity index is 2.59. The summed E-state index contributed by atoms with van der Waals surface area (Å²) >= 11 is 0. The fourth-order valence-electron chi connectivity index (χ4n) is 1.23. The van der Waals surface area contributed by atoms with E-state index >= 15 is 0 Å². The van der Waals surface area contributed by atoms with Crippen LogP contribution in [0, 0.1) is 10.1 Å². The molecule has 0 unspecified atom stereocenters. The summed E-state index contributed by atoms with van der Waals surface area (Å²) in [6.07, 6.45) is 1.54.